The van der Waals surface area contributed by atoms with Gasteiger partial charge in [0, 0.05) is 13.1 Å². The number of nitrogens with zero attached hydrogens (tertiary/aromatic N) is 1. The largest absolute Gasteiger partial charge is 0.313 e. The van der Waals surface area contributed by atoms with Gasteiger partial charge in [-0.25, -0.2) is 8.78 Å². The van der Waals surface area contributed by atoms with Crippen LogP contribution in [0.25, 0.3) is 0 Å². The maximum absolute atomic E-state index is 11.9. The molecule has 1 rings (SSSR count). The van der Waals surface area contributed by atoms with Crippen molar-refractivity contribution in [1.29, 1.82) is 5.26 Å². The van der Waals surface area contributed by atoms with Gasteiger partial charge in [-0.3, -0.25) is 0 Å². The van der Waals surface area contributed by atoms with Gasteiger partial charge in [0.2, 0.25) is 0 Å². The van der Waals surface area contributed by atoms with Crippen LogP contribution in [0.2, 0.25) is 0 Å². The summed E-state index contributed by atoms with van der Waals surface area (Å²) in [5, 5.41) is 10.9. The summed E-state index contributed by atoms with van der Waals surface area (Å²) < 4.78 is 23.7. The Kier molecular flexibility index (Phi) is 1.37. The first kappa shape index (κ1) is 6.43. The normalized spacial score (nSPS) is 22.9. The summed E-state index contributed by atoms with van der Waals surface area (Å²) in [4.78, 5) is 0. The molecule has 1 aliphatic rings. The van der Waals surface area contributed by atoms with Crippen molar-refractivity contribution < 1.29 is 8.78 Å². The molecule has 0 amide bonds. The standard InChI is InChI=1S/C5H6F2N2/c6-4(7)5(1-8)2-9-3-5/h4,9H,2-3H2. The molecule has 50 valence electrons. The van der Waals surface area contributed by atoms with Crippen molar-refractivity contribution in [2.45, 2.75) is 6.43 Å². The van der Waals surface area contributed by atoms with E-state index in [2.05, 4.69) is 5.32 Å². The first-order chi connectivity index (χ1) is 4.21. The second-order valence-corrected chi connectivity index (χ2v) is 2.17. The molecule has 0 aliphatic carbocycles. The first-order valence-corrected chi connectivity index (χ1v) is 2.61. The van der Waals surface area contributed by atoms with E-state index < -0.39 is 11.8 Å². The molecular formula is C5H6F2N2. The van der Waals surface area contributed by atoms with Gasteiger partial charge < -0.3 is 5.32 Å². The summed E-state index contributed by atoms with van der Waals surface area (Å²) >= 11 is 0. The van der Waals surface area contributed by atoms with Crippen molar-refractivity contribution in [2.24, 2.45) is 5.41 Å². The van der Waals surface area contributed by atoms with Gasteiger partial charge in [0.15, 0.2) is 0 Å². The average Bonchev–Trinajstić information content (AvgIpc) is 1.62. The second-order valence-electron chi connectivity index (χ2n) is 2.17. The molecule has 0 bridgehead atoms. The fourth-order valence-electron chi connectivity index (χ4n) is 0.676. The van der Waals surface area contributed by atoms with Gasteiger partial charge >= 0.3 is 0 Å². The number of halogens is 2. The van der Waals surface area contributed by atoms with Gasteiger partial charge in [-0.15, -0.1) is 0 Å². The van der Waals surface area contributed by atoms with Gasteiger partial charge in [0.05, 0.1) is 6.07 Å². The van der Waals surface area contributed by atoms with E-state index in [9.17, 15) is 8.78 Å². The Labute approximate surface area is 51.5 Å². The third-order valence-electron chi connectivity index (χ3n) is 1.52. The molecule has 0 aromatic carbocycles. The lowest BCUT2D eigenvalue weighted by Crippen LogP contribution is -2.56. The van der Waals surface area contributed by atoms with E-state index in [1.54, 1.807) is 6.07 Å². The average molecular weight is 132 g/mol. The van der Waals surface area contributed by atoms with Crippen LogP contribution in [0.4, 0.5) is 8.78 Å². The molecule has 0 aromatic heterocycles. The van der Waals surface area contributed by atoms with Crippen LogP contribution >= 0.6 is 0 Å². The minimum atomic E-state index is -2.51. The highest BCUT2D eigenvalue weighted by Gasteiger charge is 2.46. The molecule has 1 aliphatic heterocycles. The van der Waals surface area contributed by atoms with E-state index in [4.69, 9.17) is 5.26 Å². The van der Waals surface area contributed by atoms with Crippen molar-refractivity contribution in [1.82, 2.24) is 5.32 Å². The van der Waals surface area contributed by atoms with Crippen LogP contribution in [0.1, 0.15) is 0 Å². The molecule has 1 N–H and O–H groups in total. The molecule has 4 heteroatoms. The highest BCUT2D eigenvalue weighted by Crippen LogP contribution is 2.28. The first-order valence-electron chi connectivity index (χ1n) is 2.61. The monoisotopic (exact) mass is 132 g/mol. The Balaban J connectivity index is 2.60. The fraction of sp³-hybridized carbons (Fsp3) is 0.800. The molecule has 0 radical (unpaired) electrons. The summed E-state index contributed by atoms with van der Waals surface area (Å²) in [5.74, 6) is 0. The van der Waals surface area contributed by atoms with Gasteiger partial charge in [-0.05, 0) is 0 Å². The lowest BCUT2D eigenvalue weighted by Gasteiger charge is -2.34. The van der Waals surface area contributed by atoms with Gasteiger partial charge in [-0.1, -0.05) is 0 Å². The summed E-state index contributed by atoms with van der Waals surface area (Å²) in [7, 11) is 0. The van der Waals surface area contributed by atoms with Gasteiger partial charge in [0.1, 0.15) is 5.41 Å². The zero-order valence-electron chi connectivity index (χ0n) is 4.69. The third kappa shape index (κ3) is 0.775. The van der Waals surface area contributed by atoms with E-state index in [0.717, 1.165) is 0 Å². The van der Waals surface area contributed by atoms with Crippen LogP contribution in [0.15, 0.2) is 0 Å². The lowest BCUT2D eigenvalue weighted by molar-refractivity contribution is -0.000509. The Morgan fingerprint density at radius 3 is 2.11 bits per heavy atom. The number of hydrogen-bond acceptors (Lipinski definition) is 2. The molecular weight excluding hydrogens is 126 g/mol. The minimum Gasteiger partial charge on any atom is -0.313 e. The Morgan fingerprint density at radius 1 is 1.56 bits per heavy atom. The van der Waals surface area contributed by atoms with Crippen molar-refractivity contribution in [3.63, 3.8) is 0 Å². The van der Waals surface area contributed by atoms with Crippen molar-refractivity contribution >= 4 is 0 Å². The van der Waals surface area contributed by atoms with Crippen LogP contribution in [0, 0.1) is 16.7 Å². The molecule has 0 atom stereocenters. The Bertz CT molecular complexity index is 146. The topological polar surface area (TPSA) is 35.8 Å². The summed E-state index contributed by atoms with van der Waals surface area (Å²) in [6.07, 6.45) is -2.51. The van der Waals surface area contributed by atoms with Crippen LogP contribution in [0.5, 0.6) is 0 Å². The highest BCUT2D eigenvalue weighted by molar-refractivity contribution is 5.09. The molecule has 0 aromatic rings. The van der Waals surface area contributed by atoms with Crippen LogP contribution < -0.4 is 5.32 Å². The summed E-state index contributed by atoms with van der Waals surface area (Å²) in [6, 6.07) is 1.60. The van der Waals surface area contributed by atoms with Crippen LogP contribution in [-0.2, 0) is 0 Å². The zero-order chi connectivity index (χ0) is 6.91. The Hall–Kier alpha value is -0.690. The van der Waals surface area contributed by atoms with Crippen LogP contribution in [-0.4, -0.2) is 19.5 Å². The van der Waals surface area contributed by atoms with E-state index in [1.807, 2.05) is 0 Å². The zero-order valence-corrected chi connectivity index (χ0v) is 4.69. The lowest BCUT2D eigenvalue weighted by atomic mass is 9.84. The molecule has 2 nitrogen and oxygen atoms in total. The number of rotatable bonds is 1. The van der Waals surface area contributed by atoms with Crippen molar-refractivity contribution in [2.75, 3.05) is 13.1 Å². The number of alkyl halides is 2. The summed E-state index contributed by atoms with van der Waals surface area (Å²) in [6.45, 7) is 0.252. The summed E-state index contributed by atoms with van der Waals surface area (Å²) in [5.41, 5.74) is -1.38. The van der Waals surface area contributed by atoms with Gasteiger partial charge in [0.25, 0.3) is 6.43 Å². The van der Waals surface area contributed by atoms with E-state index in [0.29, 0.717) is 0 Å². The predicted molar refractivity (Wildman–Crippen MR) is 26.9 cm³/mol. The smallest absolute Gasteiger partial charge is 0.259 e. The second kappa shape index (κ2) is 1.92. The van der Waals surface area contributed by atoms with Crippen molar-refractivity contribution in [3.8, 4) is 6.07 Å². The maximum Gasteiger partial charge on any atom is 0.259 e. The van der Waals surface area contributed by atoms with E-state index >= 15 is 0 Å². The Morgan fingerprint density at radius 2 is 2.11 bits per heavy atom. The fourth-order valence-corrected chi connectivity index (χ4v) is 0.676. The predicted octanol–water partition coefficient (Wildman–Crippen LogP) is 0.365. The van der Waals surface area contributed by atoms with Crippen molar-refractivity contribution in [3.05, 3.63) is 0 Å². The molecule has 0 saturated carbocycles. The van der Waals surface area contributed by atoms with E-state index in [1.165, 1.54) is 0 Å². The number of nitriles is 1. The number of nitrogens with one attached hydrogen (secondary N) is 1. The maximum atomic E-state index is 11.9. The number of hydrogen-bond donors (Lipinski definition) is 1. The minimum absolute atomic E-state index is 0.126. The molecule has 0 spiro atoms. The van der Waals surface area contributed by atoms with Crippen LogP contribution in [0.3, 0.4) is 0 Å². The van der Waals surface area contributed by atoms with E-state index in [-0.39, 0.29) is 13.1 Å². The quantitative estimate of drug-likeness (QED) is 0.559. The molecule has 0 unspecified atom stereocenters. The highest BCUT2D eigenvalue weighted by atomic mass is 19.3. The third-order valence-corrected chi connectivity index (χ3v) is 1.52. The molecule has 1 saturated heterocycles. The molecule has 1 fully saturated rings. The molecule has 9 heavy (non-hydrogen) atoms. The molecule has 1 heterocycles. The SMILES string of the molecule is N#CC1(C(F)F)CNC1. The van der Waals surface area contributed by atoms with Gasteiger partial charge in [-0.2, -0.15) is 5.26 Å².